The standard InChI is InChI=1S/C14H21N3O2S/c1-11(2)5-4-6-12-7-9-13(10-8-12)20(18,19)17-14(15)16-3/h5,7-10H,4,6H2,1-3H3,(H3,15,16,17). The lowest BCUT2D eigenvalue weighted by Gasteiger charge is -2.07. The molecule has 0 aliphatic rings. The number of hydrogen-bond donors (Lipinski definition) is 2. The number of benzene rings is 1. The summed E-state index contributed by atoms with van der Waals surface area (Å²) in [7, 11) is -2.22. The van der Waals surface area contributed by atoms with Gasteiger partial charge in [0.05, 0.1) is 4.90 Å². The third-order valence-electron chi connectivity index (χ3n) is 2.70. The van der Waals surface area contributed by atoms with Gasteiger partial charge in [0, 0.05) is 7.05 Å². The minimum Gasteiger partial charge on any atom is -0.369 e. The molecule has 0 atom stereocenters. The molecule has 0 amide bonds. The molecule has 3 N–H and O–H groups in total. The van der Waals surface area contributed by atoms with Gasteiger partial charge in [-0.25, -0.2) is 13.1 Å². The van der Waals surface area contributed by atoms with Crippen LogP contribution in [0.3, 0.4) is 0 Å². The van der Waals surface area contributed by atoms with Crippen LogP contribution in [0, 0.1) is 0 Å². The van der Waals surface area contributed by atoms with E-state index >= 15 is 0 Å². The Labute approximate surface area is 120 Å². The van der Waals surface area contributed by atoms with Gasteiger partial charge in [-0.15, -0.1) is 0 Å². The monoisotopic (exact) mass is 295 g/mol. The topological polar surface area (TPSA) is 84.5 Å². The molecule has 0 aliphatic heterocycles. The summed E-state index contributed by atoms with van der Waals surface area (Å²) >= 11 is 0. The third-order valence-corrected chi connectivity index (χ3v) is 4.07. The Balaban J connectivity index is 2.78. The van der Waals surface area contributed by atoms with Crippen LogP contribution in [0.4, 0.5) is 0 Å². The summed E-state index contributed by atoms with van der Waals surface area (Å²) in [6.07, 6.45) is 3.99. The first-order chi connectivity index (χ1) is 9.35. The lowest BCUT2D eigenvalue weighted by Crippen LogP contribution is -2.36. The Hall–Kier alpha value is -1.82. The van der Waals surface area contributed by atoms with Crippen molar-refractivity contribution in [2.75, 3.05) is 7.05 Å². The number of guanidine groups is 1. The van der Waals surface area contributed by atoms with Crippen LogP contribution in [-0.2, 0) is 16.4 Å². The van der Waals surface area contributed by atoms with Crippen molar-refractivity contribution in [3.63, 3.8) is 0 Å². The highest BCUT2D eigenvalue weighted by Crippen LogP contribution is 2.12. The smallest absolute Gasteiger partial charge is 0.264 e. The zero-order chi connectivity index (χ0) is 15.2. The second kappa shape index (κ2) is 7.09. The van der Waals surface area contributed by atoms with Gasteiger partial charge in [-0.2, -0.15) is 0 Å². The maximum absolute atomic E-state index is 11.9. The minimum atomic E-state index is -3.64. The van der Waals surface area contributed by atoms with Gasteiger partial charge >= 0.3 is 0 Å². The molecule has 1 aromatic rings. The molecule has 0 radical (unpaired) electrons. The molecule has 1 rings (SSSR count). The first kappa shape index (κ1) is 16.2. The Morgan fingerprint density at radius 3 is 2.40 bits per heavy atom. The van der Waals surface area contributed by atoms with Crippen LogP contribution in [0.1, 0.15) is 25.8 Å². The van der Waals surface area contributed by atoms with E-state index in [1.807, 2.05) is 12.1 Å². The van der Waals surface area contributed by atoms with Gasteiger partial charge in [-0.3, -0.25) is 4.99 Å². The summed E-state index contributed by atoms with van der Waals surface area (Å²) in [5.41, 5.74) is 7.75. The number of aliphatic imine (C=N–C) groups is 1. The molecule has 0 heterocycles. The maximum atomic E-state index is 11.9. The van der Waals surface area contributed by atoms with E-state index < -0.39 is 10.0 Å². The van der Waals surface area contributed by atoms with Gasteiger partial charge in [0.25, 0.3) is 10.0 Å². The first-order valence-corrected chi connectivity index (χ1v) is 7.81. The van der Waals surface area contributed by atoms with Crippen molar-refractivity contribution in [1.29, 1.82) is 0 Å². The molecule has 110 valence electrons. The fraction of sp³-hybridized carbons (Fsp3) is 0.357. The molecule has 5 nitrogen and oxygen atoms in total. The summed E-state index contributed by atoms with van der Waals surface area (Å²) in [6, 6.07) is 6.77. The quantitative estimate of drug-likeness (QED) is 0.493. The summed E-state index contributed by atoms with van der Waals surface area (Å²) in [5.74, 6) is -0.127. The Morgan fingerprint density at radius 1 is 1.30 bits per heavy atom. The number of sulfonamides is 1. The van der Waals surface area contributed by atoms with Gasteiger partial charge in [-0.1, -0.05) is 23.8 Å². The lowest BCUT2D eigenvalue weighted by molar-refractivity contribution is 0.592. The molecular weight excluding hydrogens is 274 g/mol. The van der Waals surface area contributed by atoms with Crippen LogP contribution < -0.4 is 10.5 Å². The van der Waals surface area contributed by atoms with Crippen molar-refractivity contribution in [2.45, 2.75) is 31.6 Å². The fourth-order valence-electron chi connectivity index (χ4n) is 1.61. The second-order valence-electron chi connectivity index (χ2n) is 4.68. The fourth-order valence-corrected chi connectivity index (χ4v) is 2.58. The highest BCUT2D eigenvalue weighted by atomic mass is 32.2. The number of hydrogen-bond acceptors (Lipinski definition) is 3. The Bertz CT molecular complexity index is 598. The minimum absolute atomic E-state index is 0.127. The molecule has 0 saturated heterocycles. The number of nitrogens with two attached hydrogens (primary N) is 1. The van der Waals surface area contributed by atoms with Crippen molar-refractivity contribution in [3.05, 3.63) is 41.5 Å². The highest BCUT2D eigenvalue weighted by molar-refractivity contribution is 7.90. The van der Waals surface area contributed by atoms with Crippen molar-refractivity contribution in [2.24, 2.45) is 10.7 Å². The molecule has 6 heteroatoms. The summed E-state index contributed by atoms with van der Waals surface area (Å²) < 4.78 is 26.1. The molecule has 0 aliphatic carbocycles. The van der Waals surface area contributed by atoms with Crippen molar-refractivity contribution in [3.8, 4) is 0 Å². The van der Waals surface area contributed by atoms with Gasteiger partial charge < -0.3 is 5.73 Å². The third kappa shape index (κ3) is 5.05. The van der Waals surface area contributed by atoms with Crippen molar-refractivity contribution >= 4 is 16.0 Å². The molecule has 0 spiro atoms. The summed E-state index contributed by atoms with van der Waals surface area (Å²) in [4.78, 5) is 3.75. The Morgan fingerprint density at radius 2 is 1.90 bits per heavy atom. The molecule has 0 saturated carbocycles. The van der Waals surface area contributed by atoms with E-state index in [4.69, 9.17) is 5.73 Å². The number of allylic oxidation sites excluding steroid dienone is 2. The molecule has 0 unspecified atom stereocenters. The predicted molar refractivity (Wildman–Crippen MR) is 82.1 cm³/mol. The average molecular weight is 295 g/mol. The Kier molecular flexibility index (Phi) is 5.76. The number of nitrogens with zero attached hydrogens (tertiary/aromatic N) is 1. The largest absolute Gasteiger partial charge is 0.369 e. The zero-order valence-corrected chi connectivity index (χ0v) is 12.9. The highest BCUT2D eigenvalue weighted by Gasteiger charge is 2.14. The van der Waals surface area contributed by atoms with Gasteiger partial charge in [0.1, 0.15) is 0 Å². The first-order valence-electron chi connectivity index (χ1n) is 6.32. The van der Waals surface area contributed by atoms with Crippen LogP contribution in [-0.4, -0.2) is 21.4 Å². The normalized spacial score (nSPS) is 12.1. The van der Waals surface area contributed by atoms with E-state index in [0.29, 0.717) is 0 Å². The molecule has 1 aromatic carbocycles. The molecule has 20 heavy (non-hydrogen) atoms. The van der Waals surface area contributed by atoms with E-state index in [1.54, 1.807) is 12.1 Å². The van der Waals surface area contributed by atoms with Crippen LogP contribution in [0.25, 0.3) is 0 Å². The second-order valence-corrected chi connectivity index (χ2v) is 6.36. The van der Waals surface area contributed by atoms with Crippen molar-refractivity contribution in [1.82, 2.24) is 4.72 Å². The predicted octanol–water partition coefficient (Wildman–Crippen LogP) is 1.81. The van der Waals surface area contributed by atoms with Gasteiger partial charge in [-0.05, 0) is 44.4 Å². The summed E-state index contributed by atoms with van der Waals surface area (Å²) in [5, 5.41) is 0. The number of rotatable bonds is 5. The molecule has 0 bridgehead atoms. The van der Waals surface area contributed by atoms with Crippen molar-refractivity contribution < 1.29 is 8.42 Å². The summed E-state index contributed by atoms with van der Waals surface area (Å²) in [6.45, 7) is 4.11. The lowest BCUT2D eigenvalue weighted by atomic mass is 10.1. The van der Waals surface area contributed by atoms with E-state index in [-0.39, 0.29) is 10.9 Å². The van der Waals surface area contributed by atoms with Gasteiger partial charge in [0.15, 0.2) is 0 Å². The number of aryl methyl sites for hydroxylation is 1. The van der Waals surface area contributed by atoms with E-state index in [0.717, 1.165) is 18.4 Å². The van der Waals surface area contributed by atoms with Gasteiger partial charge in [0.2, 0.25) is 5.96 Å². The maximum Gasteiger partial charge on any atom is 0.264 e. The van der Waals surface area contributed by atoms with E-state index in [9.17, 15) is 8.42 Å². The zero-order valence-electron chi connectivity index (χ0n) is 12.1. The SMILES string of the molecule is CN=C(N)NS(=O)(=O)c1ccc(CCC=C(C)C)cc1. The van der Waals surface area contributed by atoms with E-state index in [2.05, 4.69) is 29.6 Å². The van der Waals surface area contributed by atoms with Crippen LogP contribution in [0.15, 0.2) is 45.8 Å². The van der Waals surface area contributed by atoms with E-state index in [1.165, 1.54) is 12.6 Å². The molecule has 0 fully saturated rings. The molecule has 0 aromatic heterocycles. The van der Waals surface area contributed by atoms with Crippen LogP contribution in [0.5, 0.6) is 0 Å². The van der Waals surface area contributed by atoms with Crippen LogP contribution >= 0.6 is 0 Å². The van der Waals surface area contributed by atoms with Crippen LogP contribution in [0.2, 0.25) is 0 Å². The molecular formula is C14H21N3O2S. The number of nitrogens with one attached hydrogen (secondary N) is 1. The average Bonchev–Trinajstić information content (AvgIpc) is 2.38.